The molecule has 0 radical (unpaired) electrons. The van der Waals surface area contributed by atoms with Crippen LogP contribution in [0.25, 0.3) is 16.3 Å². The van der Waals surface area contributed by atoms with E-state index < -0.39 is 0 Å². The van der Waals surface area contributed by atoms with E-state index in [4.69, 9.17) is 16.3 Å². The summed E-state index contributed by atoms with van der Waals surface area (Å²) in [5.74, 6) is 0.601. The summed E-state index contributed by atoms with van der Waals surface area (Å²) in [6.45, 7) is 0. The fraction of sp³-hybridized carbons (Fsp3) is 0.0556. The van der Waals surface area contributed by atoms with Gasteiger partial charge in [0.05, 0.1) is 22.2 Å². The number of nitrogens with one attached hydrogen (secondary N) is 1. The van der Waals surface area contributed by atoms with Crippen LogP contribution in [0.4, 0.5) is 5.13 Å². The third-order valence-corrected chi connectivity index (χ3v) is 5.67. The Morgan fingerprint density at radius 1 is 1.23 bits per heavy atom. The smallest absolute Gasteiger partial charge is 0.264 e. The molecule has 0 atom stereocenters. The van der Waals surface area contributed by atoms with Crippen molar-refractivity contribution in [2.45, 2.75) is 0 Å². The maximum atomic E-state index is 12.2. The van der Waals surface area contributed by atoms with Crippen LogP contribution in [0, 0.1) is 0 Å². The summed E-state index contributed by atoms with van der Waals surface area (Å²) in [5, 5.41) is 4.53. The lowest BCUT2D eigenvalue weighted by Crippen LogP contribution is -2.19. The number of halogens is 1. The number of amides is 1. The van der Waals surface area contributed by atoms with Crippen molar-refractivity contribution in [1.29, 1.82) is 0 Å². The predicted octanol–water partition coefficient (Wildman–Crippen LogP) is 4.85. The van der Waals surface area contributed by atoms with Crippen LogP contribution in [0.15, 0.2) is 52.4 Å². The normalized spacial score (nSPS) is 17.2. The Hall–Kier alpha value is -2.35. The SMILES string of the molecule is COc1ccc2nc(/N=C3/NC(=O)C(=Cc4ccc(Cl)cc4)S3)sc2c1. The number of thiazole rings is 1. The second-order valence-corrected chi connectivity index (χ2v) is 7.84. The first kappa shape index (κ1) is 17.1. The number of aromatic nitrogens is 1. The highest BCUT2D eigenvalue weighted by atomic mass is 35.5. The summed E-state index contributed by atoms with van der Waals surface area (Å²) in [5.41, 5.74) is 1.75. The highest BCUT2D eigenvalue weighted by Crippen LogP contribution is 2.33. The summed E-state index contributed by atoms with van der Waals surface area (Å²) in [6, 6.07) is 13.0. The maximum absolute atomic E-state index is 12.2. The zero-order valence-corrected chi connectivity index (χ0v) is 15.9. The van der Waals surface area contributed by atoms with Gasteiger partial charge in [0.2, 0.25) is 5.13 Å². The van der Waals surface area contributed by atoms with Crippen LogP contribution in [0.2, 0.25) is 5.02 Å². The van der Waals surface area contributed by atoms with E-state index in [-0.39, 0.29) is 5.91 Å². The summed E-state index contributed by atoms with van der Waals surface area (Å²) in [4.78, 5) is 21.7. The molecular weight excluding hydrogens is 390 g/mol. The van der Waals surface area contributed by atoms with E-state index in [0.717, 1.165) is 21.5 Å². The molecule has 1 amide bonds. The van der Waals surface area contributed by atoms with Gasteiger partial charge in [0.15, 0.2) is 5.17 Å². The molecule has 8 heteroatoms. The van der Waals surface area contributed by atoms with E-state index in [1.54, 1.807) is 19.2 Å². The van der Waals surface area contributed by atoms with Crippen molar-refractivity contribution in [2.75, 3.05) is 7.11 Å². The highest BCUT2D eigenvalue weighted by Gasteiger charge is 2.24. The first-order valence-corrected chi connectivity index (χ1v) is 9.61. The van der Waals surface area contributed by atoms with Gasteiger partial charge >= 0.3 is 0 Å². The molecule has 5 nitrogen and oxygen atoms in total. The molecule has 0 bridgehead atoms. The number of fused-ring (bicyclic) bond motifs is 1. The number of hydrogen-bond donors (Lipinski definition) is 1. The molecule has 1 fully saturated rings. The number of carbonyl (C=O) groups excluding carboxylic acids is 1. The number of thioether (sulfide) groups is 1. The van der Waals surface area contributed by atoms with Gasteiger partial charge in [-0.3, -0.25) is 4.79 Å². The standard InChI is InChI=1S/C18H12ClN3O2S2/c1-24-12-6-7-13-14(9-12)25-17(20-13)22-18-21-16(23)15(26-18)8-10-2-4-11(19)5-3-10/h2-9H,1H3,(H,20,21,22,23). The van der Waals surface area contributed by atoms with E-state index in [2.05, 4.69) is 15.3 Å². The van der Waals surface area contributed by atoms with Crippen LogP contribution in [0.1, 0.15) is 5.56 Å². The second-order valence-electron chi connectivity index (χ2n) is 5.36. The van der Waals surface area contributed by atoms with Gasteiger partial charge in [-0.25, -0.2) is 4.98 Å². The Morgan fingerprint density at radius 2 is 2.04 bits per heavy atom. The topological polar surface area (TPSA) is 63.6 Å². The number of methoxy groups -OCH3 is 1. The molecular formula is C18H12ClN3O2S2. The van der Waals surface area contributed by atoms with Crippen molar-refractivity contribution < 1.29 is 9.53 Å². The highest BCUT2D eigenvalue weighted by molar-refractivity contribution is 8.18. The minimum absolute atomic E-state index is 0.175. The maximum Gasteiger partial charge on any atom is 0.264 e. The molecule has 1 aromatic heterocycles. The Bertz CT molecular complexity index is 1060. The molecule has 2 aromatic carbocycles. The molecule has 2 heterocycles. The monoisotopic (exact) mass is 401 g/mol. The number of nitrogens with zero attached hydrogens (tertiary/aromatic N) is 2. The van der Waals surface area contributed by atoms with Crippen LogP contribution < -0.4 is 10.1 Å². The minimum atomic E-state index is -0.175. The van der Waals surface area contributed by atoms with Crippen LogP contribution in [0.5, 0.6) is 5.75 Å². The van der Waals surface area contributed by atoms with Crippen LogP contribution >= 0.6 is 34.7 Å². The Balaban J connectivity index is 1.59. The minimum Gasteiger partial charge on any atom is -0.497 e. The fourth-order valence-electron chi connectivity index (χ4n) is 2.35. The Kier molecular flexibility index (Phi) is 4.67. The largest absolute Gasteiger partial charge is 0.497 e. The number of aliphatic imine (C=N–C) groups is 1. The first-order valence-electron chi connectivity index (χ1n) is 7.60. The number of carbonyl (C=O) groups is 1. The van der Waals surface area contributed by atoms with E-state index in [0.29, 0.717) is 20.2 Å². The average molecular weight is 402 g/mol. The number of amidine groups is 1. The molecule has 0 saturated carbocycles. The molecule has 1 aliphatic rings. The molecule has 1 aliphatic heterocycles. The molecule has 26 heavy (non-hydrogen) atoms. The van der Waals surface area contributed by atoms with E-state index in [1.807, 2.05) is 36.4 Å². The van der Waals surface area contributed by atoms with Crippen LogP contribution in [-0.2, 0) is 4.79 Å². The quantitative estimate of drug-likeness (QED) is 0.637. The van der Waals surface area contributed by atoms with Gasteiger partial charge in [-0.15, -0.1) is 0 Å². The third-order valence-electron chi connectivity index (χ3n) is 3.60. The number of ether oxygens (including phenoxy) is 1. The van der Waals surface area contributed by atoms with E-state index >= 15 is 0 Å². The molecule has 0 unspecified atom stereocenters. The lowest BCUT2D eigenvalue weighted by Gasteiger charge is -1.96. The van der Waals surface area contributed by atoms with Gasteiger partial charge < -0.3 is 10.1 Å². The van der Waals surface area contributed by atoms with Crippen molar-refractivity contribution in [3.05, 3.63) is 58.0 Å². The van der Waals surface area contributed by atoms with Gasteiger partial charge in [0, 0.05) is 5.02 Å². The number of hydrogen-bond acceptors (Lipinski definition) is 6. The van der Waals surface area contributed by atoms with Gasteiger partial charge in [-0.05, 0) is 53.7 Å². The summed E-state index contributed by atoms with van der Waals surface area (Å²) in [7, 11) is 1.63. The molecule has 1 N–H and O–H groups in total. The lowest BCUT2D eigenvalue weighted by molar-refractivity contribution is -0.115. The molecule has 130 valence electrons. The van der Waals surface area contributed by atoms with Crippen molar-refractivity contribution >= 4 is 67.2 Å². The van der Waals surface area contributed by atoms with E-state index in [1.165, 1.54) is 23.1 Å². The molecule has 0 spiro atoms. The van der Waals surface area contributed by atoms with Crippen molar-refractivity contribution in [3.8, 4) is 5.75 Å². The van der Waals surface area contributed by atoms with Crippen LogP contribution in [-0.4, -0.2) is 23.2 Å². The summed E-state index contributed by atoms with van der Waals surface area (Å²) >= 11 is 8.62. The zero-order valence-electron chi connectivity index (χ0n) is 13.5. The average Bonchev–Trinajstić information content (AvgIpc) is 3.19. The van der Waals surface area contributed by atoms with Gasteiger partial charge in [-0.2, -0.15) is 4.99 Å². The predicted molar refractivity (Wildman–Crippen MR) is 108 cm³/mol. The van der Waals surface area contributed by atoms with E-state index in [9.17, 15) is 4.79 Å². The van der Waals surface area contributed by atoms with Gasteiger partial charge in [0.25, 0.3) is 5.91 Å². The summed E-state index contributed by atoms with van der Waals surface area (Å²) < 4.78 is 6.20. The molecule has 0 aliphatic carbocycles. The van der Waals surface area contributed by atoms with Gasteiger partial charge in [-0.1, -0.05) is 35.1 Å². The molecule has 3 aromatic rings. The molecule has 4 rings (SSSR count). The number of rotatable bonds is 3. The third kappa shape index (κ3) is 3.60. The van der Waals surface area contributed by atoms with Crippen molar-refractivity contribution in [3.63, 3.8) is 0 Å². The first-order chi connectivity index (χ1) is 12.6. The molecule has 1 saturated heterocycles. The Labute approximate surface area is 162 Å². The Morgan fingerprint density at radius 3 is 2.81 bits per heavy atom. The second kappa shape index (κ2) is 7.11. The summed E-state index contributed by atoms with van der Waals surface area (Å²) in [6.07, 6.45) is 1.81. The fourth-order valence-corrected chi connectivity index (χ4v) is 4.22. The van der Waals surface area contributed by atoms with Crippen molar-refractivity contribution in [1.82, 2.24) is 10.3 Å². The van der Waals surface area contributed by atoms with Crippen molar-refractivity contribution in [2.24, 2.45) is 4.99 Å². The zero-order chi connectivity index (χ0) is 18.1. The lowest BCUT2D eigenvalue weighted by atomic mass is 10.2. The van der Waals surface area contributed by atoms with Crippen LogP contribution in [0.3, 0.4) is 0 Å². The van der Waals surface area contributed by atoms with Gasteiger partial charge in [0.1, 0.15) is 5.75 Å². The number of benzene rings is 2.